The predicted octanol–water partition coefficient (Wildman–Crippen LogP) is 7.02. The first-order valence-corrected chi connectivity index (χ1v) is 11.8. The molecular formula is C30H19ClN4O. The van der Waals surface area contributed by atoms with E-state index in [0.717, 1.165) is 43.6 Å². The molecule has 0 atom stereocenters. The number of carbonyl (C=O) groups is 1. The van der Waals surface area contributed by atoms with Gasteiger partial charge in [0.15, 0.2) is 0 Å². The first-order chi connectivity index (χ1) is 17.7. The van der Waals surface area contributed by atoms with Crippen molar-refractivity contribution in [1.29, 1.82) is 0 Å². The highest BCUT2D eigenvalue weighted by Gasteiger charge is 2.14. The number of para-hydroxylation sites is 1. The first-order valence-electron chi connectivity index (χ1n) is 11.4. The van der Waals surface area contributed by atoms with Crippen LogP contribution in [0.3, 0.4) is 0 Å². The summed E-state index contributed by atoms with van der Waals surface area (Å²) in [4.78, 5) is 22.1. The molecule has 0 aliphatic carbocycles. The molecule has 4 aromatic carbocycles. The van der Waals surface area contributed by atoms with Crippen molar-refractivity contribution in [3.05, 3.63) is 120 Å². The maximum atomic E-state index is 13.3. The predicted molar refractivity (Wildman–Crippen MR) is 146 cm³/mol. The van der Waals surface area contributed by atoms with E-state index in [1.165, 1.54) is 0 Å². The van der Waals surface area contributed by atoms with Crippen LogP contribution in [0.4, 0.5) is 0 Å². The number of aromatic nitrogens is 2. The minimum absolute atomic E-state index is 0.317. The molecule has 36 heavy (non-hydrogen) atoms. The number of benzene rings is 4. The molecule has 0 saturated carbocycles. The number of nitrogens with one attached hydrogen (secondary N) is 1. The van der Waals surface area contributed by atoms with Gasteiger partial charge in [0, 0.05) is 39.7 Å². The quantitative estimate of drug-likeness (QED) is 0.165. The van der Waals surface area contributed by atoms with Gasteiger partial charge in [0.2, 0.25) is 0 Å². The molecule has 5 nitrogen and oxygen atoms in total. The Hall–Kier alpha value is -4.61. The summed E-state index contributed by atoms with van der Waals surface area (Å²) in [7, 11) is 0. The van der Waals surface area contributed by atoms with Crippen molar-refractivity contribution < 1.29 is 4.79 Å². The number of hydrogen-bond acceptors (Lipinski definition) is 4. The summed E-state index contributed by atoms with van der Waals surface area (Å²) >= 11 is 6.71. The van der Waals surface area contributed by atoms with Crippen LogP contribution < -0.4 is 5.43 Å². The number of pyridine rings is 2. The molecule has 0 aliphatic heterocycles. The van der Waals surface area contributed by atoms with Gasteiger partial charge in [-0.2, -0.15) is 5.10 Å². The Kier molecular flexibility index (Phi) is 5.60. The highest BCUT2D eigenvalue weighted by molar-refractivity contribution is 6.42. The second-order valence-corrected chi connectivity index (χ2v) is 8.70. The zero-order valence-electron chi connectivity index (χ0n) is 19.0. The minimum Gasteiger partial charge on any atom is -0.267 e. The minimum atomic E-state index is -0.317. The summed E-state index contributed by atoms with van der Waals surface area (Å²) in [5.74, 6) is -0.317. The lowest BCUT2D eigenvalue weighted by Gasteiger charge is -2.11. The standard InChI is InChI=1S/C30H19ClN4O/c31-29-23-10-3-1-7-20(23)26(21-8-2-4-11-24(21)29)18-33-35-30(36)25-17-28(19-13-15-32-16-14-19)34-27-12-6-5-9-22(25)27/h1-18H,(H,35,36)/b33-18+. The van der Waals surface area contributed by atoms with Crippen LogP contribution >= 0.6 is 11.6 Å². The van der Waals surface area contributed by atoms with Gasteiger partial charge in [-0.25, -0.2) is 10.4 Å². The summed E-state index contributed by atoms with van der Waals surface area (Å²) in [6.07, 6.45) is 5.10. The molecule has 172 valence electrons. The Morgan fingerprint density at radius 2 is 1.36 bits per heavy atom. The molecule has 0 bridgehead atoms. The molecule has 0 spiro atoms. The van der Waals surface area contributed by atoms with E-state index in [4.69, 9.17) is 16.6 Å². The topological polar surface area (TPSA) is 67.2 Å². The van der Waals surface area contributed by atoms with E-state index in [2.05, 4.69) is 15.5 Å². The molecule has 0 unspecified atom stereocenters. The van der Waals surface area contributed by atoms with Crippen LogP contribution in [0.5, 0.6) is 0 Å². The maximum absolute atomic E-state index is 13.3. The van der Waals surface area contributed by atoms with Crippen molar-refractivity contribution in [3.8, 4) is 11.3 Å². The Balaban J connectivity index is 1.41. The first kappa shape index (κ1) is 21.9. The zero-order valence-corrected chi connectivity index (χ0v) is 19.8. The number of hydrazone groups is 1. The lowest BCUT2D eigenvalue weighted by Crippen LogP contribution is -2.18. The molecular weight excluding hydrogens is 468 g/mol. The van der Waals surface area contributed by atoms with E-state index in [0.29, 0.717) is 16.3 Å². The molecule has 0 aliphatic rings. The van der Waals surface area contributed by atoms with Gasteiger partial charge in [0.05, 0.1) is 28.0 Å². The van der Waals surface area contributed by atoms with Crippen LogP contribution in [-0.4, -0.2) is 22.1 Å². The number of amides is 1. The summed E-state index contributed by atoms with van der Waals surface area (Å²) in [6.45, 7) is 0. The van der Waals surface area contributed by atoms with E-state index in [1.807, 2.05) is 84.9 Å². The fourth-order valence-electron chi connectivity index (χ4n) is 4.50. The van der Waals surface area contributed by atoms with E-state index >= 15 is 0 Å². The molecule has 1 N–H and O–H groups in total. The Labute approximate surface area is 212 Å². The van der Waals surface area contributed by atoms with Crippen LogP contribution in [0.25, 0.3) is 43.7 Å². The van der Waals surface area contributed by atoms with Crippen LogP contribution in [-0.2, 0) is 0 Å². The third-order valence-corrected chi connectivity index (χ3v) is 6.61. The third-order valence-electron chi connectivity index (χ3n) is 6.20. The number of carbonyl (C=O) groups excluding carboxylic acids is 1. The summed E-state index contributed by atoms with van der Waals surface area (Å²) in [5, 5.41) is 9.63. The Morgan fingerprint density at radius 3 is 2.03 bits per heavy atom. The normalized spacial score (nSPS) is 11.5. The van der Waals surface area contributed by atoms with Crippen molar-refractivity contribution in [2.45, 2.75) is 0 Å². The molecule has 6 rings (SSSR count). The van der Waals surface area contributed by atoms with E-state index < -0.39 is 0 Å². The van der Waals surface area contributed by atoms with Gasteiger partial charge in [-0.1, -0.05) is 78.3 Å². The largest absolute Gasteiger partial charge is 0.272 e. The lowest BCUT2D eigenvalue weighted by molar-refractivity contribution is 0.0956. The highest BCUT2D eigenvalue weighted by atomic mass is 35.5. The van der Waals surface area contributed by atoms with Crippen LogP contribution in [0, 0.1) is 0 Å². The lowest BCUT2D eigenvalue weighted by atomic mass is 9.97. The Morgan fingerprint density at radius 1 is 0.778 bits per heavy atom. The van der Waals surface area contributed by atoms with Crippen LogP contribution in [0.1, 0.15) is 15.9 Å². The van der Waals surface area contributed by atoms with E-state index in [9.17, 15) is 4.79 Å². The van der Waals surface area contributed by atoms with Gasteiger partial charge < -0.3 is 0 Å². The molecule has 2 aromatic heterocycles. The van der Waals surface area contributed by atoms with Gasteiger partial charge in [-0.15, -0.1) is 0 Å². The number of nitrogens with zero attached hydrogens (tertiary/aromatic N) is 3. The van der Waals surface area contributed by atoms with E-state index in [1.54, 1.807) is 24.7 Å². The Bertz CT molecular complexity index is 1740. The molecule has 0 saturated heterocycles. The van der Waals surface area contributed by atoms with Gasteiger partial charge in [0.1, 0.15) is 0 Å². The molecule has 0 fully saturated rings. The second kappa shape index (κ2) is 9.21. The van der Waals surface area contributed by atoms with Crippen molar-refractivity contribution >= 4 is 56.2 Å². The number of halogens is 1. The molecule has 6 aromatic rings. The second-order valence-electron chi connectivity index (χ2n) is 8.33. The third kappa shape index (κ3) is 3.85. The monoisotopic (exact) mass is 486 g/mol. The smallest absolute Gasteiger partial charge is 0.267 e. The molecule has 1 amide bonds. The van der Waals surface area contributed by atoms with Crippen molar-refractivity contribution in [3.63, 3.8) is 0 Å². The van der Waals surface area contributed by atoms with Gasteiger partial charge in [-0.3, -0.25) is 9.78 Å². The summed E-state index contributed by atoms with van der Waals surface area (Å²) in [6, 6.07) is 28.9. The van der Waals surface area contributed by atoms with Gasteiger partial charge in [-0.05, 0) is 35.0 Å². The summed E-state index contributed by atoms with van der Waals surface area (Å²) < 4.78 is 0. The van der Waals surface area contributed by atoms with Gasteiger partial charge in [0.25, 0.3) is 5.91 Å². The average molecular weight is 487 g/mol. The zero-order chi connectivity index (χ0) is 24.5. The van der Waals surface area contributed by atoms with Gasteiger partial charge >= 0.3 is 0 Å². The highest BCUT2D eigenvalue weighted by Crippen LogP contribution is 2.35. The average Bonchev–Trinajstić information content (AvgIpc) is 2.94. The molecule has 6 heteroatoms. The molecule has 0 radical (unpaired) electrons. The van der Waals surface area contributed by atoms with E-state index in [-0.39, 0.29) is 5.91 Å². The number of fused-ring (bicyclic) bond motifs is 3. The number of rotatable bonds is 4. The van der Waals surface area contributed by atoms with Crippen LogP contribution in [0.15, 0.2) is 108 Å². The van der Waals surface area contributed by atoms with Crippen molar-refractivity contribution in [2.75, 3.05) is 0 Å². The van der Waals surface area contributed by atoms with Crippen LogP contribution in [0.2, 0.25) is 5.02 Å². The maximum Gasteiger partial charge on any atom is 0.272 e. The molecule has 2 heterocycles. The van der Waals surface area contributed by atoms with Crippen molar-refractivity contribution in [2.24, 2.45) is 5.10 Å². The SMILES string of the molecule is O=C(N/N=C/c1c2ccccc2c(Cl)c2ccccc12)c1cc(-c2ccncc2)nc2ccccc12. The van der Waals surface area contributed by atoms with Crippen molar-refractivity contribution in [1.82, 2.24) is 15.4 Å². The fraction of sp³-hybridized carbons (Fsp3) is 0. The fourth-order valence-corrected chi connectivity index (χ4v) is 4.83. The number of hydrogen-bond donors (Lipinski definition) is 1. The summed E-state index contributed by atoms with van der Waals surface area (Å²) in [5.41, 5.74) is 6.42.